The van der Waals surface area contributed by atoms with Crippen molar-refractivity contribution in [3.05, 3.63) is 33.9 Å². The highest BCUT2D eigenvalue weighted by atomic mass is 32.2. The normalized spacial score (nSPS) is 12.4. The van der Waals surface area contributed by atoms with E-state index in [2.05, 4.69) is 4.72 Å². The topological polar surface area (TPSA) is 89.3 Å². The van der Waals surface area contributed by atoms with Crippen molar-refractivity contribution in [1.29, 1.82) is 0 Å². The van der Waals surface area contributed by atoms with Gasteiger partial charge < -0.3 is 0 Å². The zero-order valence-electron chi connectivity index (χ0n) is 12.1. The summed E-state index contributed by atoms with van der Waals surface area (Å²) in [7, 11) is -3.78. The van der Waals surface area contributed by atoms with Gasteiger partial charge in [-0.2, -0.15) is 0 Å². The number of hydrogen-bond donors (Lipinski definition) is 1. The number of hydrogen-bond acceptors (Lipinski definition) is 4. The summed E-state index contributed by atoms with van der Waals surface area (Å²) in [6, 6.07) is 3.93. The van der Waals surface area contributed by atoms with Crippen molar-refractivity contribution in [3.8, 4) is 0 Å². The molecule has 1 aromatic carbocycles. The van der Waals surface area contributed by atoms with Crippen molar-refractivity contribution < 1.29 is 13.3 Å². The zero-order chi connectivity index (χ0) is 15.6. The fourth-order valence-electron chi connectivity index (χ4n) is 1.69. The lowest BCUT2D eigenvalue weighted by Crippen LogP contribution is -2.42. The van der Waals surface area contributed by atoms with E-state index in [0.717, 1.165) is 6.07 Å². The summed E-state index contributed by atoms with van der Waals surface area (Å²) in [4.78, 5) is 10.2. The van der Waals surface area contributed by atoms with Crippen molar-refractivity contribution in [2.24, 2.45) is 0 Å². The largest absolute Gasteiger partial charge is 0.270 e. The van der Waals surface area contributed by atoms with E-state index in [1.54, 1.807) is 13.8 Å². The second-order valence-electron chi connectivity index (χ2n) is 5.25. The lowest BCUT2D eigenvalue weighted by molar-refractivity contribution is -0.385. The van der Waals surface area contributed by atoms with Crippen LogP contribution in [0.15, 0.2) is 23.1 Å². The molecule has 0 fully saturated rings. The maximum absolute atomic E-state index is 12.4. The van der Waals surface area contributed by atoms with Gasteiger partial charge >= 0.3 is 0 Å². The van der Waals surface area contributed by atoms with Gasteiger partial charge in [0, 0.05) is 17.7 Å². The van der Waals surface area contributed by atoms with E-state index in [9.17, 15) is 18.5 Å². The Morgan fingerprint density at radius 2 is 1.90 bits per heavy atom. The Balaban J connectivity index is 3.36. The fraction of sp³-hybridized carbons (Fsp3) is 0.538. The van der Waals surface area contributed by atoms with E-state index in [4.69, 9.17) is 0 Å². The molecule has 0 amide bonds. The van der Waals surface area contributed by atoms with Crippen LogP contribution in [-0.2, 0) is 16.4 Å². The molecule has 1 N–H and O–H groups in total. The molecule has 0 aliphatic heterocycles. The number of aryl methyl sites for hydroxylation is 1. The summed E-state index contributed by atoms with van der Waals surface area (Å²) in [6.07, 6.45) is 1.10. The summed E-state index contributed by atoms with van der Waals surface area (Å²) in [5.41, 5.74) is -0.263. The Hall–Kier alpha value is -1.47. The van der Waals surface area contributed by atoms with Gasteiger partial charge in [0.05, 0.1) is 9.82 Å². The van der Waals surface area contributed by atoms with Gasteiger partial charge in [-0.15, -0.1) is 0 Å². The van der Waals surface area contributed by atoms with Crippen LogP contribution in [-0.4, -0.2) is 18.9 Å². The van der Waals surface area contributed by atoms with E-state index in [-0.39, 0.29) is 10.6 Å². The first-order chi connectivity index (χ1) is 9.13. The molecule has 0 atom stereocenters. The molecule has 0 heterocycles. The molecule has 0 radical (unpaired) electrons. The number of nitro benzene ring substituents is 1. The summed E-state index contributed by atoms with van der Waals surface area (Å²) < 4.78 is 27.4. The van der Waals surface area contributed by atoms with Gasteiger partial charge in [0.1, 0.15) is 0 Å². The average molecular weight is 300 g/mol. The highest BCUT2D eigenvalue weighted by molar-refractivity contribution is 7.89. The van der Waals surface area contributed by atoms with E-state index in [0.29, 0.717) is 18.4 Å². The minimum absolute atomic E-state index is 0.0178. The molecule has 0 saturated heterocycles. The molecular formula is C13H20N2O4S. The smallest absolute Gasteiger partial charge is 0.258 e. The van der Waals surface area contributed by atoms with Gasteiger partial charge in [-0.25, -0.2) is 13.1 Å². The SMILES string of the molecule is CCc1ccc([N+](=O)[O-])cc1S(=O)(=O)NC(C)(C)CC. The molecule has 7 heteroatoms. The molecule has 6 nitrogen and oxygen atoms in total. The first-order valence-corrected chi connectivity index (χ1v) is 7.92. The molecule has 0 aliphatic carbocycles. The predicted molar refractivity (Wildman–Crippen MR) is 77.2 cm³/mol. The first kappa shape index (κ1) is 16.6. The molecule has 0 aromatic heterocycles. The molecule has 0 bridgehead atoms. The van der Waals surface area contributed by atoms with Crippen LogP contribution in [0.2, 0.25) is 0 Å². The highest BCUT2D eigenvalue weighted by Crippen LogP contribution is 2.24. The summed E-state index contributed by atoms with van der Waals surface area (Å²) in [6.45, 7) is 7.23. The van der Waals surface area contributed by atoms with E-state index in [1.165, 1.54) is 12.1 Å². The van der Waals surface area contributed by atoms with Crippen LogP contribution in [0.25, 0.3) is 0 Å². The van der Waals surface area contributed by atoms with Gasteiger partial charge in [-0.3, -0.25) is 10.1 Å². The summed E-state index contributed by atoms with van der Waals surface area (Å²) >= 11 is 0. The van der Waals surface area contributed by atoms with Gasteiger partial charge in [0.25, 0.3) is 5.69 Å². The Kier molecular flexibility index (Phi) is 4.88. The van der Waals surface area contributed by atoms with Crippen LogP contribution in [0.1, 0.15) is 39.7 Å². The quantitative estimate of drug-likeness (QED) is 0.646. The highest BCUT2D eigenvalue weighted by Gasteiger charge is 2.27. The van der Waals surface area contributed by atoms with E-state index < -0.39 is 20.5 Å². The van der Waals surface area contributed by atoms with E-state index >= 15 is 0 Å². The van der Waals surface area contributed by atoms with Crippen LogP contribution in [0.3, 0.4) is 0 Å². The minimum atomic E-state index is -3.78. The molecule has 0 unspecified atom stereocenters. The number of nitrogens with zero attached hydrogens (tertiary/aromatic N) is 1. The lowest BCUT2D eigenvalue weighted by atomic mass is 10.0. The molecular weight excluding hydrogens is 280 g/mol. The zero-order valence-corrected chi connectivity index (χ0v) is 13.0. The standard InChI is InChI=1S/C13H20N2O4S/c1-5-10-7-8-11(15(16)17)9-12(10)20(18,19)14-13(3,4)6-2/h7-9,14H,5-6H2,1-4H3. The van der Waals surface area contributed by atoms with E-state index in [1.807, 2.05) is 13.8 Å². The number of sulfonamides is 1. The van der Waals surface area contributed by atoms with Gasteiger partial charge in [-0.05, 0) is 32.3 Å². The van der Waals surface area contributed by atoms with Gasteiger partial charge in [0.2, 0.25) is 10.0 Å². The van der Waals surface area contributed by atoms with Crippen LogP contribution in [0.5, 0.6) is 0 Å². The Morgan fingerprint density at radius 1 is 1.30 bits per heavy atom. The average Bonchev–Trinajstić information content (AvgIpc) is 2.36. The van der Waals surface area contributed by atoms with Crippen LogP contribution >= 0.6 is 0 Å². The van der Waals surface area contributed by atoms with Crippen LogP contribution < -0.4 is 4.72 Å². The Bertz CT molecular complexity index is 609. The monoisotopic (exact) mass is 300 g/mol. The van der Waals surface area contributed by atoms with Crippen LogP contribution in [0.4, 0.5) is 5.69 Å². The third-order valence-electron chi connectivity index (χ3n) is 3.23. The summed E-state index contributed by atoms with van der Waals surface area (Å²) in [5.74, 6) is 0. The van der Waals surface area contributed by atoms with Crippen molar-refractivity contribution in [3.63, 3.8) is 0 Å². The summed E-state index contributed by atoms with van der Waals surface area (Å²) in [5, 5.41) is 10.8. The van der Waals surface area contributed by atoms with Crippen molar-refractivity contribution >= 4 is 15.7 Å². The predicted octanol–water partition coefficient (Wildman–Crippen LogP) is 2.62. The molecule has 112 valence electrons. The van der Waals surface area contributed by atoms with Crippen LogP contribution in [0, 0.1) is 10.1 Å². The number of benzene rings is 1. The van der Waals surface area contributed by atoms with Crippen molar-refractivity contribution in [1.82, 2.24) is 4.72 Å². The maximum atomic E-state index is 12.4. The minimum Gasteiger partial charge on any atom is -0.258 e. The third-order valence-corrected chi connectivity index (χ3v) is 5.01. The maximum Gasteiger partial charge on any atom is 0.270 e. The third kappa shape index (κ3) is 3.77. The molecule has 1 aromatic rings. The lowest BCUT2D eigenvalue weighted by Gasteiger charge is -2.24. The van der Waals surface area contributed by atoms with Gasteiger partial charge in [-0.1, -0.05) is 19.9 Å². The number of rotatable bonds is 6. The number of nitro groups is 1. The number of nitrogens with one attached hydrogen (secondary N) is 1. The van der Waals surface area contributed by atoms with Gasteiger partial charge in [0.15, 0.2) is 0 Å². The molecule has 0 spiro atoms. The second-order valence-corrected chi connectivity index (χ2v) is 6.90. The van der Waals surface area contributed by atoms with Crippen molar-refractivity contribution in [2.45, 2.75) is 51.0 Å². The molecule has 20 heavy (non-hydrogen) atoms. The molecule has 0 aliphatic rings. The van der Waals surface area contributed by atoms with Crippen molar-refractivity contribution in [2.75, 3.05) is 0 Å². The molecule has 1 rings (SSSR count). The second kappa shape index (κ2) is 5.88. The fourth-order valence-corrected chi connectivity index (χ4v) is 3.51. The molecule has 0 saturated carbocycles. The first-order valence-electron chi connectivity index (χ1n) is 6.44. The Morgan fingerprint density at radius 3 is 2.35 bits per heavy atom. The Labute approximate surface area is 119 Å². The number of non-ortho nitro benzene ring substituents is 1.